The minimum atomic E-state index is -0.615. The topological polar surface area (TPSA) is 54.0 Å². The molecule has 1 aromatic rings. The van der Waals surface area contributed by atoms with Crippen LogP contribution in [0.3, 0.4) is 0 Å². The van der Waals surface area contributed by atoms with E-state index in [1.54, 1.807) is 13.2 Å². The molecule has 2 rings (SSSR count). The van der Waals surface area contributed by atoms with Crippen molar-refractivity contribution in [1.29, 1.82) is 0 Å². The summed E-state index contributed by atoms with van der Waals surface area (Å²) >= 11 is 0. The fourth-order valence-corrected chi connectivity index (χ4v) is 2.10. The van der Waals surface area contributed by atoms with Gasteiger partial charge in [0.2, 0.25) is 5.91 Å². The number of hydrogen-bond acceptors (Lipinski definition) is 3. The molecule has 0 spiro atoms. The Bertz CT molecular complexity index is 344. The number of nitrogens with one attached hydrogen (secondary N) is 2. The number of aromatic nitrogens is 1. The van der Waals surface area contributed by atoms with Crippen molar-refractivity contribution in [2.75, 3.05) is 13.6 Å². The smallest absolute Gasteiger partial charge is 0.246 e. The SMILES string of the molecule is CNC(=O)C1(c2ccccn2)CCCN1. The van der Waals surface area contributed by atoms with Gasteiger partial charge in [0.05, 0.1) is 5.69 Å². The standard InChI is InChI=1S/C11H15N3O/c1-12-10(15)11(6-4-8-14-11)9-5-2-3-7-13-9/h2-3,5,7,14H,4,6,8H2,1H3,(H,12,15). The lowest BCUT2D eigenvalue weighted by molar-refractivity contribution is -0.127. The number of nitrogens with zero attached hydrogens (tertiary/aromatic N) is 1. The van der Waals surface area contributed by atoms with E-state index in [-0.39, 0.29) is 5.91 Å². The third-order valence-corrected chi connectivity index (χ3v) is 2.87. The summed E-state index contributed by atoms with van der Waals surface area (Å²) in [6.07, 6.45) is 3.54. The number of likely N-dealkylation sites (N-methyl/N-ethyl adjacent to an activating group) is 1. The Labute approximate surface area is 89.1 Å². The second-order valence-electron chi connectivity index (χ2n) is 3.73. The number of pyridine rings is 1. The monoisotopic (exact) mass is 205 g/mol. The van der Waals surface area contributed by atoms with Crippen LogP contribution in [0.15, 0.2) is 24.4 Å². The van der Waals surface area contributed by atoms with Gasteiger partial charge in [-0.25, -0.2) is 0 Å². The van der Waals surface area contributed by atoms with E-state index in [1.165, 1.54) is 0 Å². The van der Waals surface area contributed by atoms with Crippen LogP contribution in [0.4, 0.5) is 0 Å². The van der Waals surface area contributed by atoms with Crippen molar-refractivity contribution in [2.24, 2.45) is 0 Å². The van der Waals surface area contributed by atoms with Crippen molar-refractivity contribution >= 4 is 5.91 Å². The summed E-state index contributed by atoms with van der Waals surface area (Å²) in [5.74, 6) is -0.00120. The summed E-state index contributed by atoms with van der Waals surface area (Å²) in [5.41, 5.74) is 0.192. The van der Waals surface area contributed by atoms with E-state index in [1.807, 2.05) is 18.2 Å². The molecule has 4 nitrogen and oxygen atoms in total. The Morgan fingerprint density at radius 2 is 2.47 bits per heavy atom. The van der Waals surface area contributed by atoms with Crippen molar-refractivity contribution in [1.82, 2.24) is 15.6 Å². The quantitative estimate of drug-likeness (QED) is 0.735. The summed E-state index contributed by atoms with van der Waals surface area (Å²) < 4.78 is 0. The van der Waals surface area contributed by atoms with Gasteiger partial charge in [0, 0.05) is 13.2 Å². The summed E-state index contributed by atoms with van der Waals surface area (Å²) in [4.78, 5) is 16.2. The first kappa shape index (κ1) is 10.1. The van der Waals surface area contributed by atoms with Gasteiger partial charge in [-0.3, -0.25) is 15.1 Å². The summed E-state index contributed by atoms with van der Waals surface area (Å²) in [5, 5.41) is 5.97. The zero-order valence-corrected chi connectivity index (χ0v) is 8.79. The normalized spacial score (nSPS) is 25.1. The van der Waals surface area contributed by atoms with Gasteiger partial charge in [-0.1, -0.05) is 6.07 Å². The van der Waals surface area contributed by atoms with Gasteiger partial charge in [-0.05, 0) is 31.5 Å². The van der Waals surface area contributed by atoms with Crippen molar-refractivity contribution in [3.8, 4) is 0 Å². The van der Waals surface area contributed by atoms with E-state index in [4.69, 9.17) is 0 Å². The van der Waals surface area contributed by atoms with E-state index in [0.29, 0.717) is 0 Å². The number of amides is 1. The van der Waals surface area contributed by atoms with Crippen LogP contribution in [0, 0.1) is 0 Å². The second-order valence-corrected chi connectivity index (χ2v) is 3.73. The fraction of sp³-hybridized carbons (Fsp3) is 0.455. The Balaban J connectivity index is 2.39. The molecule has 2 heterocycles. The molecule has 2 N–H and O–H groups in total. The van der Waals surface area contributed by atoms with E-state index >= 15 is 0 Å². The Kier molecular flexibility index (Phi) is 2.68. The Hall–Kier alpha value is -1.42. The first-order chi connectivity index (χ1) is 7.29. The molecule has 1 fully saturated rings. The van der Waals surface area contributed by atoms with Crippen molar-refractivity contribution in [3.05, 3.63) is 30.1 Å². The molecule has 0 saturated carbocycles. The highest BCUT2D eigenvalue weighted by atomic mass is 16.2. The minimum Gasteiger partial charge on any atom is -0.357 e. The molecular formula is C11H15N3O. The Morgan fingerprint density at radius 1 is 1.60 bits per heavy atom. The maximum Gasteiger partial charge on any atom is 0.246 e. The molecular weight excluding hydrogens is 190 g/mol. The zero-order chi connectivity index (χ0) is 10.7. The minimum absolute atomic E-state index is 0.00120. The van der Waals surface area contributed by atoms with E-state index in [0.717, 1.165) is 25.1 Å². The molecule has 1 amide bonds. The molecule has 1 aliphatic heterocycles. The lowest BCUT2D eigenvalue weighted by Crippen LogP contribution is -2.50. The fourth-order valence-electron chi connectivity index (χ4n) is 2.10. The summed E-state index contributed by atoms with van der Waals surface area (Å²) in [6.45, 7) is 0.865. The van der Waals surface area contributed by atoms with Crippen molar-refractivity contribution in [3.63, 3.8) is 0 Å². The van der Waals surface area contributed by atoms with Crippen LogP contribution < -0.4 is 10.6 Å². The van der Waals surface area contributed by atoms with Crippen LogP contribution in [0.2, 0.25) is 0 Å². The highest BCUT2D eigenvalue weighted by Gasteiger charge is 2.43. The third-order valence-electron chi connectivity index (χ3n) is 2.87. The van der Waals surface area contributed by atoms with E-state index in [9.17, 15) is 4.79 Å². The highest BCUT2D eigenvalue weighted by molar-refractivity contribution is 5.87. The van der Waals surface area contributed by atoms with E-state index in [2.05, 4.69) is 15.6 Å². The van der Waals surface area contributed by atoms with Gasteiger partial charge in [0.1, 0.15) is 5.54 Å². The molecule has 1 aromatic heterocycles. The molecule has 0 aliphatic carbocycles. The van der Waals surface area contributed by atoms with Gasteiger partial charge in [0.25, 0.3) is 0 Å². The second kappa shape index (κ2) is 3.98. The lowest BCUT2D eigenvalue weighted by atomic mass is 9.91. The van der Waals surface area contributed by atoms with Gasteiger partial charge in [-0.15, -0.1) is 0 Å². The predicted octanol–water partition coefficient (Wildman–Crippen LogP) is 0.406. The number of carbonyl (C=O) groups is 1. The van der Waals surface area contributed by atoms with Crippen LogP contribution >= 0.6 is 0 Å². The van der Waals surface area contributed by atoms with Gasteiger partial charge < -0.3 is 5.32 Å². The highest BCUT2D eigenvalue weighted by Crippen LogP contribution is 2.29. The van der Waals surface area contributed by atoms with Gasteiger partial charge in [0.15, 0.2) is 0 Å². The van der Waals surface area contributed by atoms with Crippen molar-refractivity contribution in [2.45, 2.75) is 18.4 Å². The molecule has 0 radical (unpaired) electrons. The summed E-state index contributed by atoms with van der Waals surface area (Å²) in [6, 6.07) is 5.66. The molecule has 0 bridgehead atoms. The molecule has 1 atom stereocenters. The van der Waals surface area contributed by atoms with Crippen LogP contribution in [0.1, 0.15) is 18.5 Å². The summed E-state index contributed by atoms with van der Waals surface area (Å²) in [7, 11) is 1.66. The first-order valence-electron chi connectivity index (χ1n) is 5.18. The molecule has 1 aliphatic rings. The largest absolute Gasteiger partial charge is 0.357 e. The number of rotatable bonds is 2. The average Bonchev–Trinajstić information content (AvgIpc) is 2.79. The zero-order valence-electron chi connectivity index (χ0n) is 8.79. The molecule has 80 valence electrons. The van der Waals surface area contributed by atoms with Crippen LogP contribution in [0.25, 0.3) is 0 Å². The van der Waals surface area contributed by atoms with E-state index < -0.39 is 5.54 Å². The predicted molar refractivity (Wildman–Crippen MR) is 57.2 cm³/mol. The number of carbonyl (C=O) groups excluding carboxylic acids is 1. The third kappa shape index (κ3) is 1.61. The molecule has 15 heavy (non-hydrogen) atoms. The molecule has 4 heteroatoms. The van der Waals surface area contributed by atoms with Gasteiger partial charge >= 0.3 is 0 Å². The van der Waals surface area contributed by atoms with Crippen LogP contribution in [-0.2, 0) is 10.3 Å². The lowest BCUT2D eigenvalue weighted by Gasteiger charge is -2.26. The first-order valence-corrected chi connectivity index (χ1v) is 5.18. The van der Waals surface area contributed by atoms with Crippen LogP contribution in [0.5, 0.6) is 0 Å². The molecule has 1 saturated heterocycles. The average molecular weight is 205 g/mol. The maximum atomic E-state index is 11.9. The Morgan fingerprint density at radius 3 is 3.00 bits per heavy atom. The maximum absolute atomic E-state index is 11.9. The number of hydrogen-bond donors (Lipinski definition) is 2. The van der Waals surface area contributed by atoms with Crippen molar-refractivity contribution < 1.29 is 4.79 Å². The molecule has 0 aromatic carbocycles. The van der Waals surface area contributed by atoms with Crippen LogP contribution in [-0.4, -0.2) is 24.5 Å². The molecule has 1 unspecified atom stereocenters. The van der Waals surface area contributed by atoms with Gasteiger partial charge in [-0.2, -0.15) is 0 Å².